The predicted octanol–water partition coefficient (Wildman–Crippen LogP) is 11.3. The van der Waals surface area contributed by atoms with E-state index in [0.29, 0.717) is 11.5 Å². The van der Waals surface area contributed by atoms with E-state index in [2.05, 4.69) is 165 Å². The van der Waals surface area contributed by atoms with Crippen molar-refractivity contribution in [2.45, 2.75) is 0 Å². The fourth-order valence-corrected chi connectivity index (χ4v) is 8.03. The number of hydrogen-bond acceptors (Lipinski definition) is 3. The van der Waals surface area contributed by atoms with Crippen LogP contribution in [0, 0.1) is 0 Å². The molecule has 11 aromatic rings. The average Bonchev–Trinajstić information content (AvgIpc) is 3.89. The minimum absolute atomic E-state index is 0.627. The summed E-state index contributed by atoms with van der Waals surface area (Å²) in [4.78, 5) is 15.9. The third-order valence-electron chi connectivity index (χ3n) is 10.3. The number of nitrogens with zero attached hydrogens (tertiary/aromatic N) is 6. The molecule has 53 heavy (non-hydrogen) atoms. The van der Waals surface area contributed by atoms with Gasteiger partial charge in [0.05, 0.1) is 22.1 Å². The summed E-state index contributed by atoms with van der Waals surface area (Å²) in [6.45, 7) is 0. The number of hydrogen-bond donors (Lipinski definition) is 0. The molecule has 11 rings (SSSR count). The summed E-state index contributed by atoms with van der Waals surface area (Å²) in [5.74, 6) is 1.38. The SMILES string of the molecule is c1ccc(-c2nc(-c3ccccc3)c3c(n2)nc(-n2c4ccccc4c4c2ccc2c5ccccc5n(-c5ccccc5)c24)n3-c2ccccc2)cc1. The van der Waals surface area contributed by atoms with Crippen LogP contribution in [-0.2, 0) is 0 Å². The second kappa shape index (κ2) is 11.6. The Balaban J connectivity index is 1.32. The Hall–Kier alpha value is -7.31. The molecule has 0 unspecified atom stereocenters. The molecule has 6 nitrogen and oxygen atoms in total. The van der Waals surface area contributed by atoms with Crippen molar-refractivity contribution < 1.29 is 0 Å². The number of aromatic nitrogens is 6. The molecule has 0 aliphatic carbocycles. The monoisotopic (exact) mass is 678 g/mol. The van der Waals surface area contributed by atoms with Gasteiger partial charge in [0.2, 0.25) is 5.95 Å². The lowest BCUT2D eigenvalue weighted by atomic mass is 10.1. The molecule has 6 heteroatoms. The molecule has 0 amide bonds. The molecule has 0 radical (unpaired) electrons. The molecule has 0 aliphatic rings. The summed E-state index contributed by atoms with van der Waals surface area (Å²) in [5, 5.41) is 4.75. The zero-order valence-corrected chi connectivity index (χ0v) is 28.5. The summed E-state index contributed by atoms with van der Waals surface area (Å²) in [7, 11) is 0. The Kier molecular flexibility index (Phi) is 6.45. The van der Waals surface area contributed by atoms with Crippen molar-refractivity contribution in [3.05, 3.63) is 182 Å². The van der Waals surface area contributed by atoms with E-state index in [1.165, 1.54) is 27.2 Å². The van der Waals surface area contributed by atoms with Crippen LogP contribution in [0.15, 0.2) is 182 Å². The zero-order chi connectivity index (χ0) is 34.9. The van der Waals surface area contributed by atoms with Crippen molar-refractivity contribution in [3.8, 4) is 40.0 Å². The molecular formula is C47H30N6. The van der Waals surface area contributed by atoms with Gasteiger partial charge in [-0.1, -0.05) is 140 Å². The van der Waals surface area contributed by atoms with E-state index in [9.17, 15) is 0 Å². The van der Waals surface area contributed by atoms with Crippen molar-refractivity contribution in [3.63, 3.8) is 0 Å². The van der Waals surface area contributed by atoms with Gasteiger partial charge >= 0.3 is 0 Å². The van der Waals surface area contributed by atoms with Gasteiger partial charge in [0.25, 0.3) is 0 Å². The van der Waals surface area contributed by atoms with E-state index >= 15 is 0 Å². The Morgan fingerprint density at radius 2 is 0.887 bits per heavy atom. The molecule has 248 valence electrons. The van der Waals surface area contributed by atoms with E-state index in [4.69, 9.17) is 15.0 Å². The van der Waals surface area contributed by atoms with Gasteiger partial charge in [0.1, 0.15) is 11.2 Å². The second-order valence-corrected chi connectivity index (χ2v) is 13.3. The average molecular weight is 679 g/mol. The number of imidazole rings is 1. The van der Waals surface area contributed by atoms with Crippen LogP contribution in [0.2, 0.25) is 0 Å². The molecule has 0 aliphatic heterocycles. The summed E-state index contributed by atoms with van der Waals surface area (Å²) < 4.78 is 6.95. The van der Waals surface area contributed by atoms with Crippen molar-refractivity contribution >= 4 is 54.8 Å². The maximum atomic E-state index is 5.48. The molecule has 0 saturated heterocycles. The highest BCUT2D eigenvalue weighted by Gasteiger charge is 2.26. The summed E-state index contributed by atoms with van der Waals surface area (Å²) in [5.41, 5.74) is 10.8. The first-order valence-corrected chi connectivity index (χ1v) is 17.8. The maximum absolute atomic E-state index is 5.48. The molecule has 0 atom stereocenters. The van der Waals surface area contributed by atoms with Gasteiger partial charge in [-0.2, -0.15) is 4.98 Å². The van der Waals surface area contributed by atoms with E-state index in [0.717, 1.165) is 56.1 Å². The molecule has 4 aromatic heterocycles. The predicted molar refractivity (Wildman–Crippen MR) is 216 cm³/mol. The van der Waals surface area contributed by atoms with Crippen molar-refractivity contribution in [1.29, 1.82) is 0 Å². The Morgan fingerprint density at radius 1 is 0.340 bits per heavy atom. The van der Waals surface area contributed by atoms with Crippen LogP contribution in [-0.4, -0.2) is 28.7 Å². The zero-order valence-electron chi connectivity index (χ0n) is 28.5. The van der Waals surface area contributed by atoms with Crippen LogP contribution in [0.4, 0.5) is 0 Å². The first-order valence-electron chi connectivity index (χ1n) is 17.8. The molecule has 0 spiro atoms. The fourth-order valence-electron chi connectivity index (χ4n) is 8.03. The van der Waals surface area contributed by atoms with Crippen molar-refractivity contribution in [2.24, 2.45) is 0 Å². The largest absolute Gasteiger partial charge is 0.309 e. The maximum Gasteiger partial charge on any atom is 0.222 e. The van der Waals surface area contributed by atoms with Gasteiger partial charge in [-0.05, 0) is 42.5 Å². The van der Waals surface area contributed by atoms with E-state index in [1.54, 1.807) is 0 Å². The minimum atomic E-state index is 0.627. The lowest BCUT2D eigenvalue weighted by Crippen LogP contribution is -2.06. The van der Waals surface area contributed by atoms with Crippen LogP contribution >= 0.6 is 0 Å². The topological polar surface area (TPSA) is 53.5 Å². The first kappa shape index (κ1) is 29.4. The van der Waals surface area contributed by atoms with E-state index in [-0.39, 0.29) is 0 Å². The van der Waals surface area contributed by atoms with E-state index in [1.807, 2.05) is 30.3 Å². The van der Waals surface area contributed by atoms with Crippen LogP contribution in [0.1, 0.15) is 0 Å². The third kappa shape index (κ3) is 4.42. The molecule has 0 fully saturated rings. The standard InChI is InChI=1S/C47H30N6/c1-5-17-31(18-6-1)42-44-46(49-45(48-42)32-19-7-2-8-20-32)50-47(52(44)34-23-11-4-12-24-34)53-39-28-16-14-26-37(39)41-40(53)30-29-36-35-25-13-15-27-38(35)51(43(36)41)33-21-9-3-10-22-33/h1-30H. The summed E-state index contributed by atoms with van der Waals surface area (Å²) in [6, 6.07) is 63.5. The number of benzene rings is 7. The van der Waals surface area contributed by atoms with Gasteiger partial charge in [-0.3, -0.25) is 9.13 Å². The van der Waals surface area contributed by atoms with Gasteiger partial charge < -0.3 is 4.57 Å². The van der Waals surface area contributed by atoms with Gasteiger partial charge in [-0.15, -0.1) is 0 Å². The van der Waals surface area contributed by atoms with Crippen molar-refractivity contribution in [1.82, 2.24) is 28.7 Å². The normalized spacial score (nSPS) is 11.8. The quantitative estimate of drug-likeness (QED) is 0.182. The lowest BCUT2D eigenvalue weighted by Gasteiger charge is -2.14. The number of fused-ring (bicyclic) bond motifs is 8. The molecule has 7 aromatic carbocycles. The summed E-state index contributed by atoms with van der Waals surface area (Å²) >= 11 is 0. The Bertz CT molecular complexity index is 3140. The number of para-hydroxylation sites is 4. The second-order valence-electron chi connectivity index (χ2n) is 13.3. The van der Waals surface area contributed by atoms with Gasteiger partial charge in [0.15, 0.2) is 11.5 Å². The highest BCUT2D eigenvalue weighted by molar-refractivity contribution is 6.26. The minimum Gasteiger partial charge on any atom is -0.309 e. The van der Waals surface area contributed by atoms with Crippen LogP contribution in [0.5, 0.6) is 0 Å². The van der Waals surface area contributed by atoms with E-state index < -0.39 is 0 Å². The van der Waals surface area contributed by atoms with Crippen LogP contribution in [0.25, 0.3) is 94.7 Å². The molecule has 0 bridgehead atoms. The lowest BCUT2D eigenvalue weighted by molar-refractivity contribution is 0.955. The molecular weight excluding hydrogens is 649 g/mol. The third-order valence-corrected chi connectivity index (χ3v) is 10.3. The molecule has 0 saturated carbocycles. The van der Waals surface area contributed by atoms with Gasteiger partial charge in [0, 0.05) is 44.0 Å². The van der Waals surface area contributed by atoms with Crippen LogP contribution < -0.4 is 0 Å². The highest BCUT2D eigenvalue weighted by Crippen LogP contribution is 2.43. The van der Waals surface area contributed by atoms with Crippen molar-refractivity contribution in [2.75, 3.05) is 0 Å². The summed E-state index contributed by atoms with van der Waals surface area (Å²) in [6.07, 6.45) is 0. The van der Waals surface area contributed by atoms with Crippen LogP contribution in [0.3, 0.4) is 0 Å². The Morgan fingerprint density at radius 3 is 1.57 bits per heavy atom. The first-order chi connectivity index (χ1) is 26.3. The Labute approximate surface area is 304 Å². The molecule has 0 N–H and O–H groups in total. The molecule has 4 heterocycles. The van der Waals surface area contributed by atoms with Gasteiger partial charge in [-0.25, -0.2) is 9.97 Å². The number of rotatable bonds is 5. The fraction of sp³-hybridized carbons (Fsp3) is 0. The smallest absolute Gasteiger partial charge is 0.222 e. The highest BCUT2D eigenvalue weighted by atomic mass is 15.3.